The van der Waals surface area contributed by atoms with Gasteiger partial charge >= 0.3 is 0 Å². The number of halogens is 1. The molecule has 6 nitrogen and oxygen atoms in total. The number of amidine groups is 1. The Balaban J connectivity index is 1.54. The molecule has 0 spiro atoms. The van der Waals surface area contributed by atoms with Crippen molar-refractivity contribution in [2.45, 2.75) is 25.8 Å². The number of amides is 1. The Morgan fingerprint density at radius 3 is 2.37 bits per heavy atom. The molecule has 4 rings (SSSR count). The molecule has 1 amide bonds. The van der Waals surface area contributed by atoms with Gasteiger partial charge in [-0.3, -0.25) is 9.79 Å². The third kappa shape index (κ3) is 5.89. The number of nitrogens with one attached hydrogen (secondary N) is 1. The number of imidazole rings is 1. The van der Waals surface area contributed by atoms with E-state index in [-0.39, 0.29) is 17.8 Å². The largest absolute Gasteiger partial charge is 0.386 e. The molecule has 180 valence electrons. The number of aromatic nitrogens is 2. The van der Waals surface area contributed by atoms with Gasteiger partial charge in [-0.15, -0.1) is 11.6 Å². The lowest BCUT2D eigenvalue weighted by molar-refractivity contribution is 0.0932. The Morgan fingerprint density at radius 1 is 1.06 bits per heavy atom. The number of aliphatic imine (C=N–C) groups is 1. The second kappa shape index (κ2) is 11.2. The van der Waals surface area contributed by atoms with E-state index in [2.05, 4.69) is 41.5 Å². The van der Waals surface area contributed by atoms with Crippen LogP contribution >= 0.6 is 11.6 Å². The molecule has 7 heteroatoms. The Morgan fingerprint density at radius 2 is 1.71 bits per heavy atom. The topological polar surface area (TPSA) is 85.3 Å². The zero-order valence-electron chi connectivity index (χ0n) is 20.0. The van der Waals surface area contributed by atoms with Crippen LogP contribution in [-0.2, 0) is 7.05 Å². The molecule has 0 saturated carbocycles. The molecule has 4 aromatic rings. The van der Waals surface area contributed by atoms with Crippen molar-refractivity contribution >= 4 is 34.4 Å². The number of para-hydroxylation sites is 2. The van der Waals surface area contributed by atoms with Crippen LogP contribution in [0.3, 0.4) is 0 Å². The fraction of sp³-hybridized carbons (Fsp3) is 0.250. The SMILES string of the molecule is Cc1ccc(-c2ccc(C(=O)N[C@@H](CCCN=C(N)CCl)c3nc4ccccc4n3C)cc2)cc1. The van der Waals surface area contributed by atoms with E-state index in [4.69, 9.17) is 22.3 Å². The van der Waals surface area contributed by atoms with Crippen LogP contribution in [0.4, 0.5) is 0 Å². The van der Waals surface area contributed by atoms with Gasteiger partial charge in [0.2, 0.25) is 0 Å². The molecule has 0 saturated heterocycles. The number of fused-ring (bicyclic) bond motifs is 1. The molecule has 3 N–H and O–H groups in total. The molecule has 1 heterocycles. The van der Waals surface area contributed by atoms with Gasteiger partial charge in [0.1, 0.15) is 11.7 Å². The van der Waals surface area contributed by atoms with Gasteiger partial charge in [-0.25, -0.2) is 4.98 Å². The van der Waals surface area contributed by atoms with Crippen LogP contribution in [-0.4, -0.2) is 33.7 Å². The van der Waals surface area contributed by atoms with Crippen molar-refractivity contribution in [3.8, 4) is 11.1 Å². The molecule has 0 aliphatic heterocycles. The first-order chi connectivity index (χ1) is 17.0. The highest BCUT2D eigenvalue weighted by molar-refractivity contribution is 6.27. The summed E-state index contributed by atoms with van der Waals surface area (Å²) in [6.45, 7) is 2.61. The summed E-state index contributed by atoms with van der Waals surface area (Å²) < 4.78 is 2.04. The van der Waals surface area contributed by atoms with Crippen LogP contribution in [0.2, 0.25) is 0 Å². The highest BCUT2D eigenvalue weighted by Gasteiger charge is 2.21. The van der Waals surface area contributed by atoms with Gasteiger partial charge in [0.25, 0.3) is 5.91 Å². The van der Waals surface area contributed by atoms with E-state index in [0.29, 0.717) is 24.4 Å². The molecular formula is C28H30ClN5O. The summed E-state index contributed by atoms with van der Waals surface area (Å²) in [6, 6.07) is 23.7. The summed E-state index contributed by atoms with van der Waals surface area (Å²) in [5, 5.41) is 3.19. The Bertz CT molecular complexity index is 1330. The smallest absolute Gasteiger partial charge is 0.251 e. The van der Waals surface area contributed by atoms with Crippen molar-refractivity contribution < 1.29 is 4.79 Å². The second-order valence-corrected chi connectivity index (χ2v) is 8.90. The van der Waals surface area contributed by atoms with Gasteiger partial charge < -0.3 is 15.6 Å². The van der Waals surface area contributed by atoms with Gasteiger partial charge in [-0.2, -0.15) is 0 Å². The van der Waals surface area contributed by atoms with E-state index in [1.54, 1.807) is 0 Å². The van der Waals surface area contributed by atoms with Crippen LogP contribution in [0.1, 0.15) is 40.6 Å². The van der Waals surface area contributed by atoms with E-state index in [1.165, 1.54) is 5.56 Å². The Kier molecular flexibility index (Phi) is 7.83. The summed E-state index contributed by atoms with van der Waals surface area (Å²) in [4.78, 5) is 22.3. The molecule has 0 bridgehead atoms. The summed E-state index contributed by atoms with van der Waals surface area (Å²) in [5.41, 5.74) is 11.7. The van der Waals surface area contributed by atoms with Crippen LogP contribution in [0.5, 0.6) is 0 Å². The number of nitrogens with zero attached hydrogens (tertiary/aromatic N) is 3. The molecular weight excluding hydrogens is 458 g/mol. The van der Waals surface area contributed by atoms with E-state index >= 15 is 0 Å². The maximum absolute atomic E-state index is 13.2. The third-order valence-corrected chi connectivity index (χ3v) is 6.35. The summed E-state index contributed by atoms with van der Waals surface area (Å²) in [5.74, 6) is 1.30. The number of benzene rings is 3. The molecule has 1 aromatic heterocycles. The number of hydrogen-bond donors (Lipinski definition) is 2. The average molecular weight is 488 g/mol. The molecule has 0 unspecified atom stereocenters. The first-order valence-corrected chi connectivity index (χ1v) is 12.2. The first-order valence-electron chi connectivity index (χ1n) is 11.7. The average Bonchev–Trinajstić information content (AvgIpc) is 3.22. The number of hydrogen-bond acceptors (Lipinski definition) is 3. The monoisotopic (exact) mass is 487 g/mol. The minimum absolute atomic E-state index is 0.138. The van der Waals surface area contributed by atoms with Gasteiger partial charge in [-0.05, 0) is 55.2 Å². The third-order valence-electron chi connectivity index (χ3n) is 6.07. The number of alkyl halides is 1. The van der Waals surface area contributed by atoms with Crippen molar-refractivity contribution in [2.24, 2.45) is 17.8 Å². The number of aryl methyl sites for hydroxylation is 2. The highest BCUT2D eigenvalue weighted by atomic mass is 35.5. The zero-order valence-corrected chi connectivity index (χ0v) is 20.8. The predicted molar refractivity (Wildman–Crippen MR) is 144 cm³/mol. The number of carbonyl (C=O) groups excluding carboxylic acids is 1. The van der Waals surface area contributed by atoms with Crippen molar-refractivity contribution in [1.82, 2.24) is 14.9 Å². The van der Waals surface area contributed by atoms with Crippen LogP contribution in [0.15, 0.2) is 77.8 Å². The van der Waals surface area contributed by atoms with Crippen molar-refractivity contribution in [1.29, 1.82) is 0 Å². The second-order valence-electron chi connectivity index (χ2n) is 8.64. The standard InChI is InChI=1S/C28H30ClN5O/c1-19-9-11-20(12-10-19)21-13-15-22(16-14-21)28(35)33-24(7-5-17-31-26(30)18-29)27-32-23-6-3-4-8-25(23)34(27)2/h3-4,6,8-16,24H,5,7,17-18H2,1-2H3,(H2,30,31)(H,33,35)/t24-/m0/s1. The molecule has 0 fully saturated rings. The lowest BCUT2D eigenvalue weighted by Gasteiger charge is -2.19. The Labute approximate surface area is 210 Å². The van der Waals surface area contributed by atoms with Crippen LogP contribution in [0, 0.1) is 6.92 Å². The number of nitrogens with two attached hydrogens (primary N) is 1. The number of rotatable bonds is 9. The predicted octanol–water partition coefficient (Wildman–Crippen LogP) is 5.40. The lowest BCUT2D eigenvalue weighted by Crippen LogP contribution is -2.30. The molecule has 0 aliphatic rings. The molecule has 1 atom stereocenters. The number of carbonyl (C=O) groups is 1. The fourth-order valence-corrected chi connectivity index (χ4v) is 4.19. The van der Waals surface area contributed by atoms with Gasteiger partial charge in [-0.1, -0.05) is 54.1 Å². The van der Waals surface area contributed by atoms with Crippen LogP contribution < -0.4 is 11.1 Å². The maximum atomic E-state index is 13.2. The normalized spacial score (nSPS) is 12.6. The highest BCUT2D eigenvalue weighted by Crippen LogP contribution is 2.24. The summed E-state index contributed by atoms with van der Waals surface area (Å²) >= 11 is 5.72. The van der Waals surface area contributed by atoms with Gasteiger partial charge in [0, 0.05) is 19.2 Å². The molecule has 0 radical (unpaired) electrons. The maximum Gasteiger partial charge on any atom is 0.251 e. The van der Waals surface area contributed by atoms with E-state index < -0.39 is 0 Å². The molecule has 3 aromatic carbocycles. The van der Waals surface area contributed by atoms with E-state index in [0.717, 1.165) is 34.4 Å². The minimum Gasteiger partial charge on any atom is -0.386 e. The van der Waals surface area contributed by atoms with Crippen molar-refractivity contribution in [3.05, 3.63) is 89.7 Å². The summed E-state index contributed by atoms with van der Waals surface area (Å²) in [6.07, 6.45) is 1.40. The first kappa shape index (κ1) is 24.5. The lowest BCUT2D eigenvalue weighted by atomic mass is 10.0. The Hall–Kier alpha value is -3.64. The quantitative estimate of drug-likeness (QED) is 0.143. The van der Waals surface area contributed by atoms with Gasteiger partial charge in [0.15, 0.2) is 0 Å². The molecule has 35 heavy (non-hydrogen) atoms. The van der Waals surface area contributed by atoms with Crippen molar-refractivity contribution in [3.63, 3.8) is 0 Å². The summed E-state index contributed by atoms with van der Waals surface area (Å²) in [7, 11) is 1.98. The van der Waals surface area contributed by atoms with Crippen LogP contribution in [0.25, 0.3) is 22.2 Å². The fourth-order valence-electron chi connectivity index (χ4n) is 4.10. The van der Waals surface area contributed by atoms with E-state index in [1.807, 2.05) is 60.1 Å². The van der Waals surface area contributed by atoms with Gasteiger partial charge in [0.05, 0.1) is 23.0 Å². The molecule has 0 aliphatic carbocycles. The van der Waals surface area contributed by atoms with E-state index in [9.17, 15) is 4.79 Å². The zero-order chi connectivity index (χ0) is 24.8. The van der Waals surface area contributed by atoms with Crippen molar-refractivity contribution in [2.75, 3.05) is 12.4 Å². The minimum atomic E-state index is -0.274.